The van der Waals surface area contributed by atoms with Crippen LogP contribution in [0.4, 0.5) is 0 Å². The Kier molecular flexibility index (Phi) is 4.38. The molecule has 1 aromatic heterocycles. The van der Waals surface area contributed by atoms with Gasteiger partial charge in [0.05, 0.1) is 6.54 Å². The van der Waals surface area contributed by atoms with E-state index in [0.717, 1.165) is 32.5 Å². The minimum Gasteiger partial charge on any atom is -0.369 e. The van der Waals surface area contributed by atoms with Crippen molar-refractivity contribution < 1.29 is 4.79 Å². The van der Waals surface area contributed by atoms with E-state index in [-0.39, 0.29) is 5.91 Å². The van der Waals surface area contributed by atoms with E-state index in [9.17, 15) is 4.79 Å². The number of rotatable bonds is 5. The van der Waals surface area contributed by atoms with Crippen LogP contribution in [0.15, 0.2) is 18.5 Å². The lowest BCUT2D eigenvalue weighted by molar-refractivity contribution is -0.119. The van der Waals surface area contributed by atoms with Crippen molar-refractivity contribution in [3.05, 3.63) is 24.0 Å². The SMILES string of the molecule is Cn1ccc(CNC2CCN(CC(N)=O)CC2)c1. The van der Waals surface area contributed by atoms with Gasteiger partial charge in [-0.25, -0.2) is 0 Å². The van der Waals surface area contributed by atoms with Crippen molar-refractivity contribution in [1.29, 1.82) is 0 Å². The molecule has 2 heterocycles. The first kappa shape index (κ1) is 13.1. The van der Waals surface area contributed by atoms with Gasteiger partial charge in [0.15, 0.2) is 0 Å². The molecule has 5 heteroatoms. The van der Waals surface area contributed by atoms with Gasteiger partial charge in [0.25, 0.3) is 0 Å². The van der Waals surface area contributed by atoms with Gasteiger partial charge in [-0.1, -0.05) is 0 Å². The van der Waals surface area contributed by atoms with Gasteiger partial charge < -0.3 is 15.6 Å². The predicted octanol–water partition coefficient (Wildman–Crippen LogP) is 0.0644. The van der Waals surface area contributed by atoms with Crippen molar-refractivity contribution in [1.82, 2.24) is 14.8 Å². The number of nitrogens with one attached hydrogen (secondary N) is 1. The van der Waals surface area contributed by atoms with Crippen LogP contribution in [0.1, 0.15) is 18.4 Å². The van der Waals surface area contributed by atoms with Crippen molar-refractivity contribution in [2.75, 3.05) is 19.6 Å². The molecule has 100 valence electrons. The highest BCUT2D eigenvalue weighted by molar-refractivity contribution is 5.75. The summed E-state index contributed by atoms with van der Waals surface area (Å²) in [5, 5.41) is 3.57. The van der Waals surface area contributed by atoms with Gasteiger partial charge >= 0.3 is 0 Å². The molecular weight excluding hydrogens is 228 g/mol. The normalized spacial score (nSPS) is 18.1. The van der Waals surface area contributed by atoms with Crippen molar-refractivity contribution in [2.24, 2.45) is 12.8 Å². The van der Waals surface area contributed by atoms with Crippen LogP contribution in [0.25, 0.3) is 0 Å². The van der Waals surface area contributed by atoms with E-state index in [4.69, 9.17) is 5.73 Å². The molecule has 1 aromatic rings. The molecule has 5 nitrogen and oxygen atoms in total. The summed E-state index contributed by atoms with van der Waals surface area (Å²) < 4.78 is 2.06. The van der Waals surface area contributed by atoms with Crippen molar-refractivity contribution in [3.63, 3.8) is 0 Å². The number of piperidine rings is 1. The van der Waals surface area contributed by atoms with E-state index in [0.29, 0.717) is 12.6 Å². The maximum absolute atomic E-state index is 10.8. The molecule has 0 aromatic carbocycles. The number of carbonyl (C=O) groups is 1. The maximum atomic E-state index is 10.8. The summed E-state index contributed by atoms with van der Waals surface area (Å²) in [4.78, 5) is 13.0. The highest BCUT2D eigenvalue weighted by Crippen LogP contribution is 2.10. The second kappa shape index (κ2) is 6.02. The Morgan fingerprint density at radius 3 is 2.78 bits per heavy atom. The molecule has 1 saturated heterocycles. The number of likely N-dealkylation sites (tertiary alicyclic amines) is 1. The predicted molar refractivity (Wildman–Crippen MR) is 70.9 cm³/mol. The Bertz CT molecular complexity index is 393. The molecule has 3 N–H and O–H groups in total. The van der Waals surface area contributed by atoms with Crippen LogP contribution in [0, 0.1) is 0 Å². The number of hydrogen-bond donors (Lipinski definition) is 2. The molecule has 2 rings (SSSR count). The number of carbonyl (C=O) groups excluding carboxylic acids is 1. The van der Waals surface area contributed by atoms with Crippen LogP contribution >= 0.6 is 0 Å². The van der Waals surface area contributed by atoms with E-state index >= 15 is 0 Å². The molecule has 1 aliphatic heterocycles. The maximum Gasteiger partial charge on any atom is 0.231 e. The van der Waals surface area contributed by atoms with Crippen LogP contribution in [0.2, 0.25) is 0 Å². The monoisotopic (exact) mass is 250 g/mol. The number of aromatic nitrogens is 1. The van der Waals surface area contributed by atoms with Crippen molar-refractivity contribution >= 4 is 5.91 Å². The minimum atomic E-state index is -0.231. The Labute approximate surface area is 108 Å². The van der Waals surface area contributed by atoms with Gasteiger partial charge in [-0.3, -0.25) is 9.69 Å². The first-order valence-electron chi connectivity index (χ1n) is 6.48. The van der Waals surface area contributed by atoms with Gasteiger partial charge in [-0.05, 0) is 24.5 Å². The van der Waals surface area contributed by atoms with Crippen LogP contribution < -0.4 is 11.1 Å². The van der Waals surface area contributed by atoms with E-state index in [1.165, 1.54) is 5.56 Å². The van der Waals surface area contributed by atoms with Crippen molar-refractivity contribution in [2.45, 2.75) is 25.4 Å². The Morgan fingerprint density at radius 2 is 2.22 bits per heavy atom. The highest BCUT2D eigenvalue weighted by atomic mass is 16.1. The summed E-state index contributed by atoms with van der Waals surface area (Å²) in [6.07, 6.45) is 6.36. The summed E-state index contributed by atoms with van der Waals surface area (Å²) in [7, 11) is 2.03. The lowest BCUT2D eigenvalue weighted by Crippen LogP contribution is -2.45. The third-order valence-corrected chi connectivity index (χ3v) is 3.46. The lowest BCUT2D eigenvalue weighted by atomic mass is 10.0. The van der Waals surface area contributed by atoms with E-state index in [2.05, 4.69) is 33.2 Å². The van der Waals surface area contributed by atoms with Crippen molar-refractivity contribution in [3.8, 4) is 0 Å². The zero-order valence-corrected chi connectivity index (χ0v) is 10.9. The van der Waals surface area contributed by atoms with Gasteiger partial charge in [0, 0.05) is 45.1 Å². The second-order valence-electron chi connectivity index (χ2n) is 5.08. The quantitative estimate of drug-likeness (QED) is 0.777. The summed E-state index contributed by atoms with van der Waals surface area (Å²) >= 11 is 0. The second-order valence-corrected chi connectivity index (χ2v) is 5.08. The summed E-state index contributed by atoms with van der Waals surface area (Å²) in [5.74, 6) is -0.231. The number of aryl methyl sites for hydroxylation is 1. The van der Waals surface area contributed by atoms with Gasteiger partial charge in [-0.2, -0.15) is 0 Å². The molecule has 18 heavy (non-hydrogen) atoms. The smallest absolute Gasteiger partial charge is 0.231 e. The molecule has 1 fully saturated rings. The lowest BCUT2D eigenvalue weighted by Gasteiger charge is -2.31. The standard InChI is InChI=1S/C13H22N4O/c1-16-5-2-11(9-16)8-15-12-3-6-17(7-4-12)10-13(14)18/h2,5,9,12,15H,3-4,6-8,10H2,1H3,(H2,14,18). The van der Waals surface area contributed by atoms with E-state index in [1.807, 2.05) is 7.05 Å². The third kappa shape index (κ3) is 3.85. The average molecular weight is 250 g/mol. The average Bonchev–Trinajstić information content (AvgIpc) is 2.74. The fourth-order valence-corrected chi connectivity index (χ4v) is 2.44. The fraction of sp³-hybridized carbons (Fsp3) is 0.615. The molecule has 0 aliphatic carbocycles. The van der Waals surface area contributed by atoms with Crippen LogP contribution in [-0.4, -0.2) is 41.1 Å². The van der Waals surface area contributed by atoms with Crippen LogP contribution in [-0.2, 0) is 18.4 Å². The molecule has 0 saturated carbocycles. The minimum absolute atomic E-state index is 0.231. The van der Waals surface area contributed by atoms with Crippen LogP contribution in [0.3, 0.4) is 0 Å². The summed E-state index contributed by atoms with van der Waals surface area (Å²) in [6.45, 7) is 3.22. The molecule has 1 amide bonds. The number of nitrogens with two attached hydrogens (primary N) is 1. The molecule has 0 atom stereocenters. The zero-order valence-electron chi connectivity index (χ0n) is 10.9. The topological polar surface area (TPSA) is 63.3 Å². The number of hydrogen-bond acceptors (Lipinski definition) is 3. The number of amides is 1. The Hall–Kier alpha value is -1.33. The van der Waals surface area contributed by atoms with Gasteiger partial charge in [0.2, 0.25) is 5.91 Å². The highest BCUT2D eigenvalue weighted by Gasteiger charge is 2.19. The van der Waals surface area contributed by atoms with Gasteiger partial charge in [0.1, 0.15) is 0 Å². The summed E-state index contributed by atoms with van der Waals surface area (Å²) in [6, 6.07) is 2.68. The first-order valence-corrected chi connectivity index (χ1v) is 6.48. The number of nitrogens with zero attached hydrogens (tertiary/aromatic N) is 2. The van der Waals surface area contributed by atoms with Gasteiger partial charge in [-0.15, -0.1) is 0 Å². The fourth-order valence-electron chi connectivity index (χ4n) is 2.44. The molecule has 0 radical (unpaired) electrons. The zero-order chi connectivity index (χ0) is 13.0. The molecule has 0 spiro atoms. The molecule has 0 bridgehead atoms. The largest absolute Gasteiger partial charge is 0.369 e. The number of primary amides is 1. The molecular formula is C13H22N4O. The summed E-state index contributed by atoms with van der Waals surface area (Å²) in [5.41, 5.74) is 6.51. The molecule has 0 unspecified atom stereocenters. The Balaban J connectivity index is 1.69. The van der Waals surface area contributed by atoms with E-state index < -0.39 is 0 Å². The third-order valence-electron chi connectivity index (χ3n) is 3.46. The molecule has 1 aliphatic rings. The van der Waals surface area contributed by atoms with E-state index in [1.54, 1.807) is 0 Å². The Morgan fingerprint density at radius 1 is 1.50 bits per heavy atom. The first-order chi connectivity index (χ1) is 8.63. The van der Waals surface area contributed by atoms with Crippen LogP contribution in [0.5, 0.6) is 0 Å².